The quantitative estimate of drug-likeness (QED) is 0.768. The van der Waals surface area contributed by atoms with Crippen LogP contribution < -0.4 is 19.7 Å². The summed E-state index contributed by atoms with van der Waals surface area (Å²) in [6.45, 7) is 0.309. The van der Waals surface area contributed by atoms with Crippen LogP contribution in [0.1, 0.15) is 5.56 Å². The Bertz CT molecular complexity index is 774. The lowest BCUT2D eigenvalue weighted by molar-refractivity contribution is -0.137. The number of nitrogens with one attached hydrogen (secondary N) is 1. The average Bonchev–Trinajstić information content (AvgIpc) is 2.67. The summed E-state index contributed by atoms with van der Waals surface area (Å²) >= 11 is 0. The van der Waals surface area contributed by atoms with Gasteiger partial charge in [0.05, 0.1) is 14.2 Å². The summed E-state index contributed by atoms with van der Waals surface area (Å²) in [6, 6.07) is 11.5. The van der Waals surface area contributed by atoms with Crippen molar-refractivity contribution in [2.45, 2.75) is 6.42 Å². The molecule has 2 N–H and O–H groups in total. The minimum absolute atomic E-state index is 0.0916. The summed E-state index contributed by atoms with van der Waals surface area (Å²) < 4.78 is 10.4. The van der Waals surface area contributed by atoms with Crippen LogP contribution in [-0.2, 0) is 16.0 Å². The van der Waals surface area contributed by atoms with E-state index in [1.165, 1.54) is 24.1 Å². The Morgan fingerprint density at radius 1 is 1.04 bits per heavy atom. The van der Waals surface area contributed by atoms with Gasteiger partial charge in [0.2, 0.25) is 0 Å². The molecule has 7 nitrogen and oxygen atoms in total. The lowest BCUT2D eigenvalue weighted by Gasteiger charge is -2.17. The smallest absolute Gasteiger partial charge is 0.316 e. The molecule has 7 heteroatoms. The Morgan fingerprint density at radius 3 is 2.31 bits per heavy atom. The number of ether oxygens (including phenoxy) is 2. The molecule has 0 unspecified atom stereocenters. The van der Waals surface area contributed by atoms with Crippen molar-refractivity contribution in [3.63, 3.8) is 0 Å². The Balaban J connectivity index is 1.90. The number of benzene rings is 2. The molecule has 0 aliphatic rings. The lowest BCUT2D eigenvalue weighted by Crippen LogP contribution is -2.41. The summed E-state index contributed by atoms with van der Waals surface area (Å²) in [5, 5.41) is 11.9. The number of hydrogen-bond donors (Lipinski definition) is 2. The number of carbonyl (C=O) groups is 2. The van der Waals surface area contributed by atoms with Crippen molar-refractivity contribution in [3.8, 4) is 17.2 Å². The van der Waals surface area contributed by atoms with E-state index in [-0.39, 0.29) is 5.75 Å². The highest BCUT2D eigenvalue weighted by Gasteiger charge is 2.19. The van der Waals surface area contributed by atoms with E-state index in [4.69, 9.17) is 9.47 Å². The van der Waals surface area contributed by atoms with Gasteiger partial charge in [0.1, 0.15) is 5.75 Å². The number of hydrogen-bond acceptors (Lipinski definition) is 5. The molecular weight excluding hydrogens is 336 g/mol. The fraction of sp³-hybridized carbons (Fsp3) is 0.263. The van der Waals surface area contributed by atoms with Crippen LogP contribution in [0.4, 0.5) is 5.69 Å². The zero-order chi connectivity index (χ0) is 19.1. The van der Waals surface area contributed by atoms with Crippen LogP contribution in [0, 0.1) is 0 Å². The molecule has 0 bridgehead atoms. The van der Waals surface area contributed by atoms with Crippen LogP contribution in [0.5, 0.6) is 17.2 Å². The normalized spacial score (nSPS) is 10.1. The molecule has 26 heavy (non-hydrogen) atoms. The van der Waals surface area contributed by atoms with E-state index in [0.717, 1.165) is 5.56 Å². The largest absolute Gasteiger partial charge is 0.508 e. The predicted molar refractivity (Wildman–Crippen MR) is 97.8 cm³/mol. The van der Waals surface area contributed by atoms with Crippen LogP contribution in [-0.4, -0.2) is 44.7 Å². The third kappa shape index (κ3) is 4.66. The molecule has 0 saturated heterocycles. The number of phenols is 1. The fourth-order valence-electron chi connectivity index (χ4n) is 2.38. The van der Waals surface area contributed by atoms with Crippen LogP contribution in [0.3, 0.4) is 0 Å². The van der Waals surface area contributed by atoms with Crippen molar-refractivity contribution in [3.05, 3.63) is 48.0 Å². The van der Waals surface area contributed by atoms with E-state index in [1.54, 1.807) is 32.4 Å². The van der Waals surface area contributed by atoms with E-state index in [1.807, 2.05) is 12.1 Å². The molecule has 0 atom stereocenters. The SMILES string of the molecule is COc1ccc(CCNC(=O)C(=O)N(C)c2ccc(O)cc2)cc1OC. The number of aromatic hydroxyl groups is 1. The number of carbonyl (C=O) groups excluding carboxylic acids is 2. The molecule has 0 aromatic heterocycles. The topological polar surface area (TPSA) is 88.1 Å². The van der Waals surface area contributed by atoms with Gasteiger partial charge >= 0.3 is 11.8 Å². The van der Waals surface area contributed by atoms with Crippen molar-refractivity contribution in [2.75, 3.05) is 32.7 Å². The highest BCUT2D eigenvalue weighted by atomic mass is 16.5. The fourth-order valence-corrected chi connectivity index (χ4v) is 2.38. The molecule has 2 amide bonds. The van der Waals surface area contributed by atoms with Gasteiger partial charge in [-0.05, 0) is 48.4 Å². The zero-order valence-electron chi connectivity index (χ0n) is 15.0. The third-order valence-electron chi connectivity index (χ3n) is 3.88. The van der Waals surface area contributed by atoms with Gasteiger partial charge in [0, 0.05) is 19.3 Å². The van der Waals surface area contributed by atoms with Gasteiger partial charge in [0.15, 0.2) is 11.5 Å². The van der Waals surface area contributed by atoms with Crippen LogP contribution in [0.15, 0.2) is 42.5 Å². The van der Waals surface area contributed by atoms with Gasteiger partial charge in [-0.1, -0.05) is 6.07 Å². The van der Waals surface area contributed by atoms with E-state index in [9.17, 15) is 14.7 Å². The standard InChI is InChI=1S/C19H22N2O5/c1-21(14-5-7-15(22)8-6-14)19(24)18(23)20-11-10-13-4-9-16(25-2)17(12-13)26-3/h4-9,12,22H,10-11H2,1-3H3,(H,20,23). The molecule has 138 valence electrons. The molecular formula is C19H22N2O5. The number of anilines is 1. The van der Waals surface area contributed by atoms with Gasteiger partial charge < -0.3 is 24.8 Å². The van der Waals surface area contributed by atoms with Gasteiger partial charge in [0.25, 0.3) is 0 Å². The van der Waals surface area contributed by atoms with Gasteiger partial charge in [-0.3, -0.25) is 9.59 Å². The maximum absolute atomic E-state index is 12.2. The Kier molecular flexibility index (Phi) is 6.43. The second-order valence-electron chi connectivity index (χ2n) is 5.58. The molecule has 0 spiro atoms. The summed E-state index contributed by atoms with van der Waals surface area (Å²) in [7, 11) is 4.62. The van der Waals surface area contributed by atoms with Gasteiger partial charge in [-0.2, -0.15) is 0 Å². The first-order valence-corrected chi connectivity index (χ1v) is 8.02. The van der Waals surface area contributed by atoms with Gasteiger partial charge in [-0.25, -0.2) is 0 Å². The zero-order valence-corrected chi connectivity index (χ0v) is 15.0. The highest BCUT2D eigenvalue weighted by molar-refractivity contribution is 6.40. The van der Waals surface area contributed by atoms with E-state index in [0.29, 0.717) is 30.2 Å². The molecule has 0 aliphatic carbocycles. The maximum Gasteiger partial charge on any atom is 0.316 e. The first-order chi connectivity index (χ1) is 12.5. The molecule has 0 saturated carbocycles. The van der Waals surface area contributed by atoms with E-state index in [2.05, 4.69) is 5.32 Å². The minimum Gasteiger partial charge on any atom is -0.508 e. The number of methoxy groups -OCH3 is 2. The maximum atomic E-state index is 12.2. The first kappa shape index (κ1) is 19.1. The molecule has 0 radical (unpaired) electrons. The molecule has 2 rings (SSSR count). The monoisotopic (exact) mass is 358 g/mol. The Morgan fingerprint density at radius 2 is 1.69 bits per heavy atom. The Hall–Kier alpha value is -3.22. The number of nitrogens with zero attached hydrogens (tertiary/aromatic N) is 1. The van der Waals surface area contributed by atoms with Crippen LogP contribution in [0.25, 0.3) is 0 Å². The lowest BCUT2D eigenvalue weighted by atomic mass is 10.1. The second kappa shape index (κ2) is 8.75. The van der Waals surface area contributed by atoms with Crippen molar-refractivity contribution in [1.29, 1.82) is 0 Å². The first-order valence-electron chi connectivity index (χ1n) is 8.02. The molecule has 2 aromatic rings. The van der Waals surface area contributed by atoms with Crippen molar-refractivity contribution >= 4 is 17.5 Å². The predicted octanol–water partition coefficient (Wildman–Crippen LogP) is 1.73. The highest BCUT2D eigenvalue weighted by Crippen LogP contribution is 2.27. The number of rotatable bonds is 6. The van der Waals surface area contributed by atoms with Crippen LogP contribution >= 0.6 is 0 Å². The van der Waals surface area contributed by atoms with Gasteiger partial charge in [-0.15, -0.1) is 0 Å². The average molecular weight is 358 g/mol. The number of amides is 2. The summed E-state index contributed by atoms with van der Waals surface area (Å²) in [5.41, 5.74) is 1.46. The molecule has 2 aromatic carbocycles. The molecule has 0 aliphatic heterocycles. The number of likely N-dealkylation sites (N-methyl/N-ethyl adjacent to an activating group) is 1. The number of phenolic OH excluding ortho intramolecular Hbond substituents is 1. The van der Waals surface area contributed by atoms with E-state index < -0.39 is 11.8 Å². The summed E-state index contributed by atoms with van der Waals surface area (Å²) in [4.78, 5) is 25.4. The molecule has 0 fully saturated rings. The van der Waals surface area contributed by atoms with Crippen LogP contribution in [0.2, 0.25) is 0 Å². The third-order valence-corrected chi connectivity index (χ3v) is 3.88. The summed E-state index contributed by atoms with van der Waals surface area (Å²) in [6.07, 6.45) is 0.544. The summed E-state index contributed by atoms with van der Waals surface area (Å²) in [5.74, 6) is -0.0384. The Labute approximate surface area is 152 Å². The molecule has 0 heterocycles. The second-order valence-corrected chi connectivity index (χ2v) is 5.58. The van der Waals surface area contributed by atoms with Crippen molar-refractivity contribution in [2.24, 2.45) is 0 Å². The minimum atomic E-state index is -0.693. The van der Waals surface area contributed by atoms with Crippen molar-refractivity contribution in [1.82, 2.24) is 5.32 Å². The van der Waals surface area contributed by atoms with E-state index >= 15 is 0 Å². The van der Waals surface area contributed by atoms with Crippen molar-refractivity contribution < 1.29 is 24.2 Å².